The summed E-state index contributed by atoms with van der Waals surface area (Å²) in [4.78, 5) is 3.35. The van der Waals surface area contributed by atoms with E-state index in [1.165, 1.54) is 29.3 Å². The highest BCUT2D eigenvalue weighted by Gasteiger charge is 2.18. The van der Waals surface area contributed by atoms with Crippen molar-refractivity contribution in [2.45, 2.75) is 18.8 Å². The van der Waals surface area contributed by atoms with Crippen molar-refractivity contribution in [3.05, 3.63) is 36.0 Å². The lowest BCUT2D eigenvalue weighted by molar-refractivity contribution is 0.455. The maximum atomic E-state index is 4.41. The highest BCUT2D eigenvalue weighted by atomic mass is 14.9. The van der Waals surface area contributed by atoms with Crippen LogP contribution in [0.15, 0.2) is 30.5 Å². The molecule has 2 nitrogen and oxygen atoms in total. The third-order valence-corrected chi connectivity index (χ3v) is 3.33. The van der Waals surface area contributed by atoms with Crippen LogP contribution >= 0.6 is 0 Å². The van der Waals surface area contributed by atoms with Gasteiger partial charge in [0.1, 0.15) is 0 Å². The van der Waals surface area contributed by atoms with E-state index < -0.39 is 0 Å². The Morgan fingerprint density at radius 3 is 2.80 bits per heavy atom. The Bertz CT molecular complexity index is 452. The molecule has 0 spiro atoms. The predicted octanol–water partition coefficient (Wildman–Crippen LogP) is 2.65. The fourth-order valence-electron chi connectivity index (χ4n) is 2.49. The average molecular weight is 199 g/mol. The number of aromatic nitrogens is 1. The molecule has 0 amide bonds. The summed E-state index contributed by atoms with van der Waals surface area (Å²) >= 11 is 0. The van der Waals surface area contributed by atoms with E-state index in [9.17, 15) is 0 Å². The second-order valence-corrected chi connectivity index (χ2v) is 4.23. The molecular weight excluding hydrogens is 184 g/mol. The summed E-state index contributed by atoms with van der Waals surface area (Å²) in [5.41, 5.74) is 2.75. The molecule has 2 heterocycles. The summed E-state index contributed by atoms with van der Waals surface area (Å²) in [7, 11) is 0. The molecule has 0 bridgehead atoms. The molecule has 0 unspecified atom stereocenters. The van der Waals surface area contributed by atoms with Crippen LogP contribution in [0.5, 0.6) is 0 Å². The monoisotopic (exact) mass is 199 g/mol. The van der Waals surface area contributed by atoms with Crippen molar-refractivity contribution in [2.75, 3.05) is 13.1 Å². The van der Waals surface area contributed by atoms with Gasteiger partial charge in [-0.3, -0.25) is 0 Å². The summed E-state index contributed by atoms with van der Waals surface area (Å²) < 4.78 is 0. The topological polar surface area (TPSA) is 29.9 Å². The Kier molecular flexibility index (Phi) is 2.22. The van der Waals surface area contributed by atoms with Crippen LogP contribution in [0.3, 0.4) is 0 Å². The zero-order valence-corrected chi connectivity index (χ0v) is 8.74. The first-order chi connectivity index (χ1) is 7.45. The van der Waals surface area contributed by atoms with Gasteiger partial charge in [-0.2, -0.15) is 0 Å². The summed E-state index contributed by atoms with van der Waals surface area (Å²) in [6.45, 7) is 2.06. The van der Waals surface area contributed by atoms with Crippen LogP contribution in [0.25, 0.3) is 10.9 Å². The molecule has 1 fully saturated rings. The number of hydrogen-bond donors (Lipinski definition) is 1. The van der Waals surface area contributed by atoms with Crippen LogP contribution in [0, 0.1) is 0 Å². The zero-order chi connectivity index (χ0) is 10.1. The molecule has 1 aliphatic rings. The number of fused-ring (bicyclic) bond motifs is 1. The van der Waals surface area contributed by atoms with Gasteiger partial charge >= 0.3 is 0 Å². The van der Waals surface area contributed by atoms with Gasteiger partial charge < -0.3 is 4.98 Å². The van der Waals surface area contributed by atoms with Gasteiger partial charge in [0.15, 0.2) is 0 Å². The van der Waals surface area contributed by atoms with E-state index in [0.717, 1.165) is 13.1 Å². The van der Waals surface area contributed by atoms with Crippen molar-refractivity contribution in [3.63, 3.8) is 0 Å². The van der Waals surface area contributed by atoms with Crippen molar-refractivity contribution in [2.24, 2.45) is 0 Å². The van der Waals surface area contributed by atoms with Crippen LogP contribution in [0.2, 0.25) is 0 Å². The Hall–Kier alpha value is -1.28. The van der Waals surface area contributed by atoms with Crippen LogP contribution in [-0.2, 0) is 0 Å². The molecular formula is C13H15N2. The molecule has 3 rings (SSSR count). The van der Waals surface area contributed by atoms with Crippen LogP contribution in [0.4, 0.5) is 0 Å². The minimum atomic E-state index is 0.707. The molecule has 0 saturated carbocycles. The maximum Gasteiger partial charge on any atom is 0.0456 e. The van der Waals surface area contributed by atoms with Crippen molar-refractivity contribution >= 4 is 10.9 Å². The maximum absolute atomic E-state index is 4.41. The van der Waals surface area contributed by atoms with E-state index in [0.29, 0.717) is 5.92 Å². The van der Waals surface area contributed by atoms with Gasteiger partial charge in [0.25, 0.3) is 0 Å². The van der Waals surface area contributed by atoms with Gasteiger partial charge in [-0.1, -0.05) is 18.2 Å². The second-order valence-electron chi connectivity index (χ2n) is 4.23. The lowest BCUT2D eigenvalue weighted by Gasteiger charge is -2.21. The zero-order valence-electron chi connectivity index (χ0n) is 8.74. The largest absolute Gasteiger partial charge is 0.361 e. The number of hydrogen-bond acceptors (Lipinski definition) is 0. The Labute approximate surface area is 89.7 Å². The first kappa shape index (κ1) is 8.98. The third kappa shape index (κ3) is 1.55. The number of piperidine rings is 1. The van der Waals surface area contributed by atoms with Crippen molar-refractivity contribution in [1.29, 1.82) is 0 Å². The third-order valence-electron chi connectivity index (χ3n) is 3.33. The highest BCUT2D eigenvalue weighted by molar-refractivity contribution is 5.83. The molecule has 1 N–H and O–H groups in total. The van der Waals surface area contributed by atoms with E-state index in [1.807, 2.05) is 0 Å². The lowest BCUT2D eigenvalue weighted by Crippen LogP contribution is -2.20. The smallest absolute Gasteiger partial charge is 0.0456 e. The Balaban J connectivity index is 2.02. The summed E-state index contributed by atoms with van der Waals surface area (Å²) in [6.07, 6.45) is 4.60. The number of rotatable bonds is 1. The van der Waals surface area contributed by atoms with E-state index in [4.69, 9.17) is 0 Å². The van der Waals surface area contributed by atoms with Gasteiger partial charge in [-0.05, 0) is 30.4 Å². The first-order valence-electron chi connectivity index (χ1n) is 5.64. The number of nitrogens with zero attached hydrogens (tertiary/aromatic N) is 1. The van der Waals surface area contributed by atoms with E-state index in [2.05, 4.69) is 40.8 Å². The summed E-state index contributed by atoms with van der Waals surface area (Å²) in [6, 6.07) is 8.56. The molecule has 0 atom stereocenters. The van der Waals surface area contributed by atoms with Crippen molar-refractivity contribution < 1.29 is 0 Å². The fourth-order valence-corrected chi connectivity index (χ4v) is 2.49. The number of aromatic amines is 1. The number of nitrogens with one attached hydrogen (secondary N) is 1. The van der Waals surface area contributed by atoms with Crippen LogP contribution < -0.4 is 5.32 Å². The van der Waals surface area contributed by atoms with Gasteiger partial charge in [-0.25, -0.2) is 5.32 Å². The second kappa shape index (κ2) is 3.70. The van der Waals surface area contributed by atoms with Gasteiger partial charge in [0.2, 0.25) is 0 Å². The highest BCUT2D eigenvalue weighted by Crippen LogP contribution is 2.31. The van der Waals surface area contributed by atoms with Crippen LogP contribution in [-0.4, -0.2) is 18.1 Å². The number of para-hydroxylation sites is 1. The molecule has 1 aromatic carbocycles. The standard InChI is InChI=1S/C13H15N2/c1-2-4-13-11(3-1)12(9-15-13)10-5-7-14-8-6-10/h1-4,9-10,15H,5-8H2. The van der Waals surface area contributed by atoms with Crippen LogP contribution in [0.1, 0.15) is 24.3 Å². The number of benzene rings is 1. The fraction of sp³-hybridized carbons (Fsp3) is 0.385. The average Bonchev–Trinajstić information content (AvgIpc) is 2.74. The lowest BCUT2D eigenvalue weighted by atomic mass is 9.90. The molecule has 1 saturated heterocycles. The molecule has 2 aromatic rings. The van der Waals surface area contributed by atoms with Crippen molar-refractivity contribution in [3.8, 4) is 0 Å². The minimum Gasteiger partial charge on any atom is -0.361 e. The normalized spacial score (nSPS) is 18.4. The molecule has 1 radical (unpaired) electrons. The van der Waals surface area contributed by atoms with E-state index in [1.54, 1.807) is 0 Å². The number of H-pyrrole nitrogens is 1. The summed E-state index contributed by atoms with van der Waals surface area (Å²) in [5, 5.41) is 5.80. The SMILES string of the molecule is c1ccc2c(C3CC[N]CC3)c[nH]c2c1. The van der Waals surface area contributed by atoms with E-state index in [-0.39, 0.29) is 0 Å². The first-order valence-corrected chi connectivity index (χ1v) is 5.64. The molecule has 15 heavy (non-hydrogen) atoms. The van der Waals surface area contributed by atoms with Gasteiger partial charge in [0, 0.05) is 30.2 Å². The molecule has 1 aliphatic heterocycles. The molecule has 0 aliphatic carbocycles. The molecule has 77 valence electrons. The predicted molar refractivity (Wildman–Crippen MR) is 62.1 cm³/mol. The van der Waals surface area contributed by atoms with Crippen molar-refractivity contribution in [1.82, 2.24) is 10.3 Å². The molecule has 2 heteroatoms. The van der Waals surface area contributed by atoms with Gasteiger partial charge in [0.05, 0.1) is 0 Å². The van der Waals surface area contributed by atoms with E-state index >= 15 is 0 Å². The minimum absolute atomic E-state index is 0.707. The Morgan fingerprint density at radius 2 is 1.93 bits per heavy atom. The van der Waals surface area contributed by atoms with Gasteiger partial charge in [-0.15, -0.1) is 0 Å². The summed E-state index contributed by atoms with van der Waals surface area (Å²) in [5.74, 6) is 0.707. The Morgan fingerprint density at radius 1 is 1.13 bits per heavy atom. The molecule has 1 aromatic heterocycles. The quantitative estimate of drug-likeness (QED) is 0.732.